The van der Waals surface area contributed by atoms with Crippen LogP contribution in [0.4, 0.5) is 11.4 Å². The molecule has 2 aliphatic heterocycles. The van der Waals surface area contributed by atoms with Crippen LogP contribution in [0.2, 0.25) is 0 Å². The molecule has 0 fully saturated rings. The van der Waals surface area contributed by atoms with Crippen molar-refractivity contribution in [3.63, 3.8) is 0 Å². The Morgan fingerprint density at radius 3 is 1.83 bits per heavy atom. The highest BCUT2D eigenvalue weighted by atomic mass is 15.2. The van der Waals surface area contributed by atoms with E-state index in [9.17, 15) is 0 Å². The lowest BCUT2D eigenvalue weighted by atomic mass is 9.78. The van der Waals surface area contributed by atoms with E-state index >= 15 is 0 Å². The zero-order valence-electron chi connectivity index (χ0n) is 29.9. The van der Waals surface area contributed by atoms with Gasteiger partial charge in [-0.15, -0.1) is 0 Å². The van der Waals surface area contributed by atoms with Crippen LogP contribution in [0.15, 0.2) is 121 Å². The van der Waals surface area contributed by atoms with E-state index in [1.165, 1.54) is 62.6 Å². The van der Waals surface area contributed by atoms with Crippen molar-refractivity contribution in [2.45, 2.75) is 85.1 Å². The first-order chi connectivity index (χ1) is 22.5. The number of hydrogen-bond acceptors (Lipinski definition) is 2. The SMILES string of the molecule is CC(C)CCN1/C(=C/C=C/C=C/C=C/C2N(CCC(C)C)c3ccc4ccccc4c3C2(C)C)C(C)(C)c2c1ccc1ccccc21. The summed E-state index contributed by atoms with van der Waals surface area (Å²) in [6, 6.07) is 27.3. The third kappa shape index (κ3) is 6.20. The summed E-state index contributed by atoms with van der Waals surface area (Å²) >= 11 is 0. The highest BCUT2D eigenvalue weighted by Gasteiger charge is 2.44. The van der Waals surface area contributed by atoms with Gasteiger partial charge in [-0.05, 0) is 75.6 Å². The molecule has 0 spiro atoms. The Hall–Kier alpha value is -4.04. The van der Waals surface area contributed by atoms with Crippen molar-refractivity contribution in [2.75, 3.05) is 22.9 Å². The summed E-state index contributed by atoms with van der Waals surface area (Å²) in [7, 11) is 0. The van der Waals surface area contributed by atoms with Gasteiger partial charge >= 0.3 is 0 Å². The molecule has 2 heterocycles. The first-order valence-electron chi connectivity index (χ1n) is 17.8. The van der Waals surface area contributed by atoms with E-state index in [0.29, 0.717) is 17.9 Å². The Labute approximate surface area is 284 Å². The standard InChI is InChI=1S/C45H54N2/c1-32(2)28-30-46-38-26-24-34-18-14-16-20-36(34)42(38)44(5,6)40(46)22-12-10-9-11-13-23-41-45(7,8)43-37-21-17-15-19-35(37)25-27-39(43)47(41)31-29-33(3)4/h9-27,32-33,40H,28-31H2,1-8H3/b10-9+,13-11+,22-12+,41-23+. The van der Waals surface area contributed by atoms with Crippen LogP contribution < -0.4 is 9.80 Å². The van der Waals surface area contributed by atoms with E-state index < -0.39 is 0 Å². The number of nitrogens with zero attached hydrogens (tertiary/aromatic N) is 2. The maximum absolute atomic E-state index is 2.65. The van der Waals surface area contributed by atoms with Crippen molar-refractivity contribution < 1.29 is 0 Å². The van der Waals surface area contributed by atoms with Crippen molar-refractivity contribution in [3.8, 4) is 0 Å². The number of rotatable bonds is 10. The van der Waals surface area contributed by atoms with Gasteiger partial charge < -0.3 is 9.80 Å². The van der Waals surface area contributed by atoms with Crippen molar-refractivity contribution >= 4 is 32.9 Å². The molecule has 2 nitrogen and oxygen atoms in total. The molecule has 0 saturated heterocycles. The van der Waals surface area contributed by atoms with Crippen molar-refractivity contribution in [1.29, 1.82) is 0 Å². The van der Waals surface area contributed by atoms with Gasteiger partial charge in [0.1, 0.15) is 0 Å². The lowest BCUT2D eigenvalue weighted by molar-refractivity contribution is 0.461. The van der Waals surface area contributed by atoms with Crippen molar-refractivity contribution in [2.24, 2.45) is 11.8 Å². The Morgan fingerprint density at radius 1 is 0.617 bits per heavy atom. The minimum Gasteiger partial charge on any atom is -0.364 e. The average Bonchev–Trinajstić information content (AvgIpc) is 3.40. The summed E-state index contributed by atoms with van der Waals surface area (Å²) in [5.74, 6) is 1.33. The molecule has 0 amide bonds. The molecular formula is C45H54N2. The first kappa shape index (κ1) is 32.9. The van der Waals surface area contributed by atoms with Crippen LogP contribution in [0.1, 0.15) is 79.4 Å². The number of fused-ring (bicyclic) bond motifs is 6. The van der Waals surface area contributed by atoms with Gasteiger partial charge in [-0.3, -0.25) is 0 Å². The van der Waals surface area contributed by atoms with E-state index in [2.05, 4.69) is 181 Å². The monoisotopic (exact) mass is 622 g/mol. The van der Waals surface area contributed by atoms with E-state index in [1.54, 1.807) is 0 Å². The lowest BCUT2D eigenvalue weighted by Crippen LogP contribution is -2.40. The van der Waals surface area contributed by atoms with Gasteiger partial charge in [0.05, 0.1) is 6.04 Å². The Balaban J connectivity index is 1.25. The molecule has 0 saturated carbocycles. The number of hydrogen-bond donors (Lipinski definition) is 0. The summed E-state index contributed by atoms with van der Waals surface area (Å²) < 4.78 is 0. The Kier molecular flexibility index (Phi) is 9.25. The molecule has 0 bridgehead atoms. The van der Waals surface area contributed by atoms with Crippen LogP contribution in [0.5, 0.6) is 0 Å². The molecular weight excluding hydrogens is 569 g/mol. The second-order valence-electron chi connectivity index (χ2n) is 15.6. The second-order valence-corrected chi connectivity index (χ2v) is 15.6. The van der Waals surface area contributed by atoms with Crippen molar-refractivity contribution in [1.82, 2.24) is 0 Å². The fourth-order valence-corrected chi connectivity index (χ4v) is 8.04. The Bertz CT molecular complexity index is 1860. The largest absolute Gasteiger partial charge is 0.364 e. The topological polar surface area (TPSA) is 6.48 Å². The predicted octanol–water partition coefficient (Wildman–Crippen LogP) is 11.9. The maximum Gasteiger partial charge on any atom is 0.0568 e. The van der Waals surface area contributed by atoms with Crippen LogP contribution in [-0.4, -0.2) is 19.1 Å². The van der Waals surface area contributed by atoms with Gasteiger partial charge in [0.2, 0.25) is 0 Å². The van der Waals surface area contributed by atoms with E-state index in [-0.39, 0.29) is 10.8 Å². The molecule has 2 heteroatoms. The third-order valence-corrected chi connectivity index (χ3v) is 10.6. The third-order valence-electron chi connectivity index (χ3n) is 10.6. The maximum atomic E-state index is 2.65. The first-order valence-corrected chi connectivity index (χ1v) is 17.8. The Morgan fingerprint density at radius 2 is 1.17 bits per heavy atom. The summed E-state index contributed by atoms with van der Waals surface area (Å²) in [4.78, 5) is 5.23. The smallest absolute Gasteiger partial charge is 0.0568 e. The zero-order chi connectivity index (χ0) is 33.3. The van der Waals surface area contributed by atoms with Crippen LogP contribution in [0.3, 0.4) is 0 Å². The van der Waals surface area contributed by atoms with Gasteiger partial charge in [-0.1, -0.05) is 153 Å². The second kappa shape index (κ2) is 13.2. The van der Waals surface area contributed by atoms with Gasteiger partial charge in [0.15, 0.2) is 0 Å². The van der Waals surface area contributed by atoms with Gasteiger partial charge in [0, 0.05) is 41.0 Å². The summed E-state index contributed by atoms with van der Waals surface area (Å²) in [5, 5.41) is 5.41. The van der Waals surface area contributed by atoms with Gasteiger partial charge in [-0.25, -0.2) is 0 Å². The lowest BCUT2D eigenvalue weighted by Gasteiger charge is -2.33. The van der Waals surface area contributed by atoms with Crippen LogP contribution in [-0.2, 0) is 10.8 Å². The van der Waals surface area contributed by atoms with E-state index in [0.717, 1.165) is 13.1 Å². The molecule has 1 unspecified atom stereocenters. The van der Waals surface area contributed by atoms with Crippen LogP contribution in [0, 0.1) is 11.8 Å². The zero-order valence-corrected chi connectivity index (χ0v) is 29.9. The molecule has 6 rings (SSSR count). The molecule has 4 aromatic carbocycles. The molecule has 1 atom stereocenters. The number of benzene rings is 4. The van der Waals surface area contributed by atoms with Crippen LogP contribution in [0.25, 0.3) is 21.5 Å². The molecule has 47 heavy (non-hydrogen) atoms. The molecule has 0 N–H and O–H groups in total. The van der Waals surface area contributed by atoms with Gasteiger partial charge in [0.25, 0.3) is 0 Å². The minimum atomic E-state index is -0.0756. The summed E-state index contributed by atoms with van der Waals surface area (Å²) in [6.07, 6.45) is 18.2. The highest BCUT2D eigenvalue weighted by Crippen LogP contribution is 2.51. The van der Waals surface area contributed by atoms with E-state index in [4.69, 9.17) is 0 Å². The summed E-state index contributed by atoms with van der Waals surface area (Å²) in [5.41, 5.74) is 7.00. The minimum absolute atomic E-state index is 0.00442. The number of anilines is 2. The average molecular weight is 623 g/mol. The fourth-order valence-electron chi connectivity index (χ4n) is 8.04. The van der Waals surface area contributed by atoms with E-state index in [1.807, 2.05) is 0 Å². The van der Waals surface area contributed by atoms with Crippen molar-refractivity contribution in [3.05, 3.63) is 132 Å². The predicted molar refractivity (Wildman–Crippen MR) is 207 cm³/mol. The molecule has 0 aliphatic carbocycles. The highest BCUT2D eigenvalue weighted by molar-refractivity contribution is 5.95. The molecule has 4 aromatic rings. The summed E-state index contributed by atoms with van der Waals surface area (Å²) in [6.45, 7) is 21.0. The molecule has 0 aromatic heterocycles. The quantitative estimate of drug-likeness (QED) is 0.162. The number of allylic oxidation sites excluding steroid dienone is 7. The molecule has 244 valence electrons. The van der Waals surface area contributed by atoms with Gasteiger partial charge in [-0.2, -0.15) is 0 Å². The molecule has 0 radical (unpaired) electrons. The normalized spacial score (nSPS) is 19.6. The fraction of sp³-hybridized carbons (Fsp3) is 0.378. The van der Waals surface area contributed by atoms with Crippen LogP contribution >= 0.6 is 0 Å². The molecule has 2 aliphatic rings.